The largest absolute Gasteiger partial charge is 0.383 e. The maximum atomic E-state index is 11.5. The molecule has 0 fully saturated rings. The summed E-state index contributed by atoms with van der Waals surface area (Å²) in [5.41, 5.74) is 0.565. The molecule has 0 radical (unpaired) electrons. The van der Waals surface area contributed by atoms with E-state index in [9.17, 15) is 4.79 Å². The standard InChI is InChI=1S/C9H15N3O2/c1-7(6-14-3)11-9(13)8-4-10-12(2)5-8/h4-5,7H,6H2,1-3H3,(H,11,13)/t7-/m0/s1. The third-order valence-corrected chi connectivity index (χ3v) is 1.76. The molecule has 1 amide bonds. The SMILES string of the molecule is COC[C@H](C)NC(=O)c1cnn(C)c1. The van der Waals surface area contributed by atoms with Crippen LogP contribution in [-0.2, 0) is 11.8 Å². The van der Waals surface area contributed by atoms with Crippen LogP contribution >= 0.6 is 0 Å². The second-order valence-electron chi connectivity index (χ2n) is 3.23. The number of nitrogens with one attached hydrogen (secondary N) is 1. The molecule has 1 aromatic heterocycles. The highest BCUT2D eigenvalue weighted by atomic mass is 16.5. The molecule has 1 rings (SSSR count). The third-order valence-electron chi connectivity index (χ3n) is 1.76. The quantitative estimate of drug-likeness (QED) is 0.749. The van der Waals surface area contributed by atoms with Crippen molar-refractivity contribution in [2.45, 2.75) is 13.0 Å². The second-order valence-corrected chi connectivity index (χ2v) is 3.23. The van der Waals surface area contributed by atoms with E-state index in [4.69, 9.17) is 4.74 Å². The minimum Gasteiger partial charge on any atom is -0.383 e. The Morgan fingerprint density at radius 1 is 1.79 bits per heavy atom. The van der Waals surface area contributed by atoms with Crippen LogP contribution in [0.4, 0.5) is 0 Å². The molecular weight excluding hydrogens is 182 g/mol. The van der Waals surface area contributed by atoms with Crippen LogP contribution in [-0.4, -0.2) is 35.4 Å². The van der Waals surface area contributed by atoms with Gasteiger partial charge in [0.05, 0.1) is 18.4 Å². The van der Waals surface area contributed by atoms with Crippen LogP contribution < -0.4 is 5.32 Å². The van der Waals surface area contributed by atoms with Gasteiger partial charge in [-0.25, -0.2) is 0 Å². The van der Waals surface area contributed by atoms with Crippen molar-refractivity contribution >= 4 is 5.91 Å². The van der Waals surface area contributed by atoms with Crippen LogP contribution in [0.15, 0.2) is 12.4 Å². The lowest BCUT2D eigenvalue weighted by Crippen LogP contribution is -2.35. The number of ether oxygens (including phenoxy) is 1. The fraction of sp³-hybridized carbons (Fsp3) is 0.556. The fourth-order valence-electron chi connectivity index (χ4n) is 1.14. The third kappa shape index (κ3) is 2.85. The Bertz CT molecular complexity index is 309. The number of carbonyl (C=O) groups excluding carboxylic acids is 1. The van der Waals surface area contributed by atoms with Crippen LogP contribution in [0, 0.1) is 0 Å². The summed E-state index contributed by atoms with van der Waals surface area (Å²) in [5.74, 6) is -0.123. The minimum absolute atomic E-state index is 0.00714. The molecule has 0 saturated heterocycles. The molecule has 0 aliphatic carbocycles. The molecule has 0 aliphatic heterocycles. The van der Waals surface area contributed by atoms with Crippen LogP contribution in [0.2, 0.25) is 0 Å². The maximum Gasteiger partial charge on any atom is 0.254 e. The Balaban J connectivity index is 2.50. The molecule has 5 nitrogen and oxygen atoms in total. The second kappa shape index (κ2) is 4.76. The zero-order valence-electron chi connectivity index (χ0n) is 8.65. The highest BCUT2D eigenvalue weighted by molar-refractivity contribution is 5.93. The first-order chi connectivity index (χ1) is 6.63. The predicted molar refractivity (Wildman–Crippen MR) is 52.0 cm³/mol. The number of methoxy groups -OCH3 is 1. The lowest BCUT2D eigenvalue weighted by Gasteiger charge is -2.11. The first-order valence-corrected chi connectivity index (χ1v) is 4.42. The number of nitrogens with zero attached hydrogens (tertiary/aromatic N) is 2. The van der Waals surface area contributed by atoms with Gasteiger partial charge in [0.2, 0.25) is 0 Å². The summed E-state index contributed by atoms with van der Waals surface area (Å²) in [6.07, 6.45) is 3.21. The normalized spacial score (nSPS) is 12.5. The molecule has 0 aromatic carbocycles. The zero-order chi connectivity index (χ0) is 10.6. The van der Waals surface area contributed by atoms with E-state index in [1.54, 1.807) is 25.0 Å². The molecule has 1 N–H and O–H groups in total. The van der Waals surface area contributed by atoms with E-state index in [1.165, 1.54) is 6.20 Å². The maximum absolute atomic E-state index is 11.5. The monoisotopic (exact) mass is 197 g/mol. The van der Waals surface area contributed by atoms with Crippen molar-refractivity contribution in [3.63, 3.8) is 0 Å². The van der Waals surface area contributed by atoms with Crippen molar-refractivity contribution in [2.24, 2.45) is 7.05 Å². The van der Waals surface area contributed by atoms with Crippen LogP contribution in [0.3, 0.4) is 0 Å². The summed E-state index contributed by atoms with van der Waals surface area (Å²) >= 11 is 0. The van der Waals surface area contributed by atoms with Gasteiger partial charge in [-0.2, -0.15) is 5.10 Å². The Labute approximate surface area is 83.1 Å². The Morgan fingerprint density at radius 2 is 2.50 bits per heavy atom. The van der Waals surface area contributed by atoms with Gasteiger partial charge < -0.3 is 10.1 Å². The molecule has 0 unspecified atom stereocenters. The van der Waals surface area contributed by atoms with E-state index < -0.39 is 0 Å². The van der Waals surface area contributed by atoms with Gasteiger partial charge in [0.15, 0.2) is 0 Å². The number of rotatable bonds is 4. The number of carbonyl (C=O) groups is 1. The summed E-state index contributed by atoms with van der Waals surface area (Å²) in [4.78, 5) is 11.5. The minimum atomic E-state index is -0.123. The van der Waals surface area contributed by atoms with Gasteiger partial charge in [0, 0.05) is 26.4 Å². The van der Waals surface area contributed by atoms with Gasteiger partial charge in [-0.15, -0.1) is 0 Å². The van der Waals surface area contributed by atoms with Gasteiger partial charge in [-0.1, -0.05) is 0 Å². The average molecular weight is 197 g/mol. The zero-order valence-corrected chi connectivity index (χ0v) is 8.65. The highest BCUT2D eigenvalue weighted by Crippen LogP contribution is 1.96. The van der Waals surface area contributed by atoms with E-state index in [-0.39, 0.29) is 11.9 Å². The fourth-order valence-corrected chi connectivity index (χ4v) is 1.14. The number of aromatic nitrogens is 2. The number of hydrogen-bond acceptors (Lipinski definition) is 3. The Morgan fingerprint density at radius 3 is 3.00 bits per heavy atom. The highest BCUT2D eigenvalue weighted by Gasteiger charge is 2.10. The van der Waals surface area contributed by atoms with E-state index >= 15 is 0 Å². The molecule has 14 heavy (non-hydrogen) atoms. The first-order valence-electron chi connectivity index (χ1n) is 4.42. The molecular formula is C9H15N3O2. The van der Waals surface area contributed by atoms with Gasteiger partial charge in [-0.05, 0) is 6.92 Å². The van der Waals surface area contributed by atoms with E-state index in [0.29, 0.717) is 12.2 Å². The summed E-state index contributed by atoms with van der Waals surface area (Å²) < 4.78 is 6.50. The first kappa shape index (κ1) is 10.7. The molecule has 0 spiro atoms. The van der Waals surface area contributed by atoms with Crippen molar-refractivity contribution in [1.82, 2.24) is 15.1 Å². The molecule has 1 aromatic rings. The van der Waals surface area contributed by atoms with Crippen molar-refractivity contribution in [2.75, 3.05) is 13.7 Å². The molecule has 0 aliphatic rings. The Hall–Kier alpha value is -1.36. The van der Waals surface area contributed by atoms with Gasteiger partial charge in [-0.3, -0.25) is 9.48 Å². The topological polar surface area (TPSA) is 56.1 Å². The van der Waals surface area contributed by atoms with Crippen LogP contribution in [0.5, 0.6) is 0 Å². The average Bonchev–Trinajstić information content (AvgIpc) is 2.52. The van der Waals surface area contributed by atoms with Gasteiger partial charge in [0.25, 0.3) is 5.91 Å². The van der Waals surface area contributed by atoms with E-state index in [1.807, 2.05) is 6.92 Å². The van der Waals surface area contributed by atoms with Crippen molar-refractivity contribution in [3.8, 4) is 0 Å². The van der Waals surface area contributed by atoms with Crippen LogP contribution in [0.25, 0.3) is 0 Å². The summed E-state index contributed by atoms with van der Waals surface area (Å²) in [5, 5.41) is 6.71. The molecule has 5 heteroatoms. The lowest BCUT2D eigenvalue weighted by atomic mass is 10.3. The summed E-state index contributed by atoms with van der Waals surface area (Å²) in [6, 6.07) is 0.00714. The van der Waals surface area contributed by atoms with Gasteiger partial charge in [0.1, 0.15) is 0 Å². The molecule has 0 saturated carbocycles. The van der Waals surface area contributed by atoms with Crippen molar-refractivity contribution in [1.29, 1.82) is 0 Å². The van der Waals surface area contributed by atoms with Gasteiger partial charge >= 0.3 is 0 Å². The number of amides is 1. The van der Waals surface area contributed by atoms with Crippen LogP contribution in [0.1, 0.15) is 17.3 Å². The van der Waals surface area contributed by atoms with E-state index in [2.05, 4.69) is 10.4 Å². The molecule has 0 bridgehead atoms. The smallest absolute Gasteiger partial charge is 0.254 e. The summed E-state index contributed by atoms with van der Waals surface area (Å²) in [6.45, 7) is 2.39. The Kier molecular flexibility index (Phi) is 3.64. The lowest BCUT2D eigenvalue weighted by molar-refractivity contribution is 0.0905. The summed E-state index contributed by atoms with van der Waals surface area (Å²) in [7, 11) is 3.38. The molecule has 1 atom stereocenters. The number of aryl methyl sites for hydroxylation is 1. The van der Waals surface area contributed by atoms with E-state index in [0.717, 1.165) is 0 Å². The predicted octanol–water partition coefficient (Wildman–Crippen LogP) is 0.185. The number of hydrogen-bond donors (Lipinski definition) is 1. The molecule has 1 heterocycles. The van der Waals surface area contributed by atoms with Crippen molar-refractivity contribution < 1.29 is 9.53 Å². The van der Waals surface area contributed by atoms with Crippen molar-refractivity contribution in [3.05, 3.63) is 18.0 Å². The molecule has 78 valence electrons.